The maximum Gasteiger partial charge on any atom is 0.369 e. The van der Waals surface area contributed by atoms with Gasteiger partial charge in [0.2, 0.25) is 5.78 Å². The van der Waals surface area contributed by atoms with Crippen LogP contribution in [0.3, 0.4) is 0 Å². The number of hydrogen-bond acceptors (Lipinski definition) is 2. The van der Waals surface area contributed by atoms with E-state index in [2.05, 4.69) is 0 Å². The smallest absolute Gasteiger partial charge is 0.286 e. The first-order chi connectivity index (χ1) is 5.96. The molecule has 0 bridgehead atoms. The summed E-state index contributed by atoms with van der Waals surface area (Å²) in [6.07, 6.45) is -3.96. The molecule has 0 aliphatic carbocycles. The largest absolute Gasteiger partial charge is 0.369 e. The van der Waals surface area contributed by atoms with Crippen molar-refractivity contribution in [3.63, 3.8) is 0 Å². The molecule has 0 atom stereocenters. The Morgan fingerprint density at radius 3 is 2.46 bits per heavy atom. The van der Waals surface area contributed by atoms with Crippen molar-refractivity contribution >= 4 is 17.1 Å². The summed E-state index contributed by atoms with van der Waals surface area (Å²) in [6, 6.07) is 2.43. The maximum absolute atomic E-state index is 12.4. The molecule has 0 spiro atoms. The Morgan fingerprint density at radius 1 is 1.46 bits per heavy atom. The van der Waals surface area contributed by atoms with Crippen LogP contribution in [0.2, 0.25) is 0 Å². The van der Waals surface area contributed by atoms with Crippen LogP contribution in [0.5, 0.6) is 0 Å². The highest BCUT2D eigenvalue weighted by Gasteiger charge is 2.49. The highest BCUT2D eigenvalue weighted by Crippen LogP contribution is 2.28. The van der Waals surface area contributed by atoms with Gasteiger partial charge < -0.3 is 0 Å². The molecule has 0 unspecified atom stereocenters. The molecule has 0 aliphatic heterocycles. The lowest BCUT2D eigenvalue weighted by Crippen LogP contribution is -2.35. The summed E-state index contributed by atoms with van der Waals surface area (Å²) in [7, 11) is 0. The lowest BCUT2D eigenvalue weighted by Gasteiger charge is -2.11. The summed E-state index contributed by atoms with van der Waals surface area (Å²) in [6.45, 7) is 0. The van der Waals surface area contributed by atoms with Gasteiger partial charge in [-0.25, -0.2) is 8.78 Å². The number of carbonyl (C=O) groups excluding carboxylic acids is 1. The highest BCUT2D eigenvalue weighted by atomic mass is 32.1. The van der Waals surface area contributed by atoms with Crippen molar-refractivity contribution in [3.8, 4) is 0 Å². The van der Waals surface area contributed by atoms with Gasteiger partial charge in [-0.3, -0.25) is 4.79 Å². The van der Waals surface area contributed by atoms with Crippen LogP contribution in [0, 0.1) is 0 Å². The van der Waals surface area contributed by atoms with Crippen molar-refractivity contribution < 1.29 is 22.4 Å². The number of alkyl halides is 4. The Bertz CT molecular complexity index is 293. The number of hydrogen-bond donors (Lipinski definition) is 0. The van der Waals surface area contributed by atoms with Gasteiger partial charge in [-0.05, 0) is 11.4 Å². The minimum atomic E-state index is -4.58. The van der Waals surface area contributed by atoms with E-state index in [1.54, 1.807) is 0 Å². The molecule has 1 aromatic rings. The normalized spacial score (nSPS) is 12.1. The Hall–Kier alpha value is -0.910. The average molecular weight is 212 g/mol. The number of carbonyl (C=O) groups is 1. The molecule has 1 heterocycles. The average Bonchev–Trinajstić information content (AvgIpc) is 2.54. The molecule has 6 heteroatoms. The number of Topliss-reactive ketones (excluding diaryl/α,β-unsaturated/α-hetero) is 1. The fourth-order valence-electron chi connectivity index (χ4n) is 0.671. The SMILES string of the molecule is O=C(c1cccs1)C(F)(F)C(F)F. The van der Waals surface area contributed by atoms with Gasteiger partial charge >= 0.3 is 12.3 Å². The number of halogens is 4. The van der Waals surface area contributed by atoms with Crippen LogP contribution in [0.1, 0.15) is 9.67 Å². The van der Waals surface area contributed by atoms with Crippen molar-refractivity contribution in [1.29, 1.82) is 0 Å². The van der Waals surface area contributed by atoms with Crippen LogP contribution in [-0.4, -0.2) is 18.1 Å². The van der Waals surface area contributed by atoms with E-state index in [0.717, 1.165) is 6.07 Å². The fraction of sp³-hybridized carbons (Fsp3) is 0.286. The van der Waals surface area contributed by atoms with E-state index >= 15 is 0 Å². The number of rotatable bonds is 3. The molecule has 0 amide bonds. The predicted molar refractivity (Wildman–Crippen MR) is 39.6 cm³/mol. The molecule has 0 N–H and O–H groups in total. The monoisotopic (exact) mass is 212 g/mol. The van der Waals surface area contributed by atoms with Crippen LogP contribution < -0.4 is 0 Å². The number of ketones is 1. The molecule has 0 aliphatic rings. The van der Waals surface area contributed by atoms with Gasteiger partial charge in [-0.15, -0.1) is 11.3 Å². The van der Waals surface area contributed by atoms with Crippen LogP contribution in [0.4, 0.5) is 17.6 Å². The summed E-state index contributed by atoms with van der Waals surface area (Å²) in [5.74, 6) is -6.40. The summed E-state index contributed by atoms with van der Waals surface area (Å²) in [5.41, 5.74) is 0. The minimum Gasteiger partial charge on any atom is -0.286 e. The topological polar surface area (TPSA) is 17.1 Å². The van der Waals surface area contributed by atoms with Crippen molar-refractivity contribution in [1.82, 2.24) is 0 Å². The number of thiophene rings is 1. The third kappa shape index (κ3) is 1.88. The summed E-state index contributed by atoms with van der Waals surface area (Å²) < 4.78 is 48.2. The summed E-state index contributed by atoms with van der Waals surface area (Å²) >= 11 is 0.712. The van der Waals surface area contributed by atoms with Gasteiger partial charge in [0.1, 0.15) is 0 Å². The van der Waals surface area contributed by atoms with Crippen LogP contribution in [-0.2, 0) is 0 Å². The lowest BCUT2D eigenvalue weighted by atomic mass is 10.2. The molecule has 0 radical (unpaired) electrons. The van der Waals surface area contributed by atoms with E-state index in [4.69, 9.17) is 0 Å². The maximum atomic E-state index is 12.4. The first-order valence-corrected chi connectivity index (χ1v) is 4.08. The second kappa shape index (κ2) is 3.45. The van der Waals surface area contributed by atoms with E-state index in [1.807, 2.05) is 0 Å². The van der Waals surface area contributed by atoms with E-state index in [9.17, 15) is 22.4 Å². The van der Waals surface area contributed by atoms with Gasteiger partial charge in [-0.1, -0.05) is 6.07 Å². The molecule has 1 nitrogen and oxygen atoms in total. The van der Waals surface area contributed by atoms with Gasteiger partial charge in [-0.2, -0.15) is 8.78 Å². The zero-order chi connectivity index (χ0) is 10.1. The first kappa shape index (κ1) is 10.2. The molecule has 0 saturated carbocycles. The van der Waals surface area contributed by atoms with E-state index < -0.39 is 18.1 Å². The molecule has 72 valence electrons. The molecule has 0 aromatic carbocycles. The molecular weight excluding hydrogens is 208 g/mol. The van der Waals surface area contributed by atoms with Crippen LogP contribution in [0.15, 0.2) is 17.5 Å². The molecule has 1 rings (SSSR count). The molecule has 13 heavy (non-hydrogen) atoms. The van der Waals surface area contributed by atoms with Crippen molar-refractivity contribution in [2.75, 3.05) is 0 Å². The second-order valence-corrected chi connectivity index (χ2v) is 3.18. The Morgan fingerprint density at radius 2 is 2.08 bits per heavy atom. The summed E-state index contributed by atoms with van der Waals surface area (Å²) in [4.78, 5) is 10.4. The molecule has 1 aromatic heterocycles. The molecule has 0 fully saturated rings. The highest BCUT2D eigenvalue weighted by molar-refractivity contribution is 7.12. The Labute approximate surface area is 75.0 Å². The Balaban J connectivity index is 2.91. The fourth-order valence-corrected chi connectivity index (χ4v) is 1.38. The van der Waals surface area contributed by atoms with Crippen molar-refractivity contribution in [2.45, 2.75) is 12.3 Å². The quantitative estimate of drug-likeness (QED) is 0.556. The first-order valence-electron chi connectivity index (χ1n) is 3.20. The Kier molecular flexibility index (Phi) is 2.70. The van der Waals surface area contributed by atoms with Gasteiger partial charge in [0, 0.05) is 0 Å². The van der Waals surface area contributed by atoms with E-state index in [-0.39, 0.29) is 4.88 Å². The van der Waals surface area contributed by atoms with Crippen LogP contribution in [0.25, 0.3) is 0 Å². The zero-order valence-corrected chi connectivity index (χ0v) is 6.95. The van der Waals surface area contributed by atoms with Gasteiger partial charge in [0.05, 0.1) is 4.88 Å². The van der Waals surface area contributed by atoms with Crippen molar-refractivity contribution in [3.05, 3.63) is 22.4 Å². The standard InChI is InChI=1S/C7H4F4OS/c8-6(9)7(10,11)5(12)4-2-1-3-13-4/h1-3,6H. The molecule has 0 saturated heterocycles. The van der Waals surface area contributed by atoms with Gasteiger partial charge in [0.15, 0.2) is 0 Å². The summed E-state index contributed by atoms with van der Waals surface area (Å²) in [5, 5.41) is 1.37. The minimum absolute atomic E-state index is 0.356. The predicted octanol–water partition coefficient (Wildman–Crippen LogP) is 2.83. The molecular formula is C7H4F4OS. The van der Waals surface area contributed by atoms with E-state index in [1.165, 1.54) is 11.4 Å². The lowest BCUT2D eigenvalue weighted by molar-refractivity contribution is -0.0956. The second-order valence-electron chi connectivity index (χ2n) is 2.23. The van der Waals surface area contributed by atoms with Crippen LogP contribution >= 0.6 is 11.3 Å². The third-order valence-corrected chi connectivity index (χ3v) is 2.19. The van der Waals surface area contributed by atoms with E-state index in [0.29, 0.717) is 11.3 Å². The zero-order valence-electron chi connectivity index (χ0n) is 6.14. The third-order valence-electron chi connectivity index (χ3n) is 1.32. The van der Waals surface area contributed by atoms with Crippen molar-refractivity contribution in [2.24, 2.45) is 0 Å². The van der Waals surface area contributed by atoms with Gasteiger partial charge in [0.25, 0.3) is 0 Å².